The van der Waals surface area contributed by atoms with Crippen LogP contribution in [0.4, 0.5) is 13.2 Å². The van der Waals surface area contributed by atoms with E-state index in [0.717, 1.165) is 23.4 Å². The van der Waals surface area contributed by atoms with Gasteiger partial charge in [-0.2, -0.15) is 18.4 Å². The number of hydrogen-bond donors (Lipinski definition) is 0. The third-order valence-corrected chi connectivity index (χ3v) is 4.41. The molecule has 0 radical (unpaired) electrons. The molecular weight excluding hydrogens is 389 g/mol. The van der Waals surface area contributed by atoms with Crippen molar-refractivity contribution in [2.75, 3.05) is 6.26 Å². The van der Waals surface area contributed by atoms with Crippen LogP contribution in [0.1, 0.15) is 16.8 Å². The molecule has 1 aromatic carbocycles. The molecule has 142 valence electrons. The molecule has 0 fully saturated rings. The largest absolute Gasteiger partial charge is 0.433 e. The van der Waals surface area contributed by atoms with Gasteiger partial charge >= 0.3 is 6.18 Å². The Morgan fingerprint density at radius 1 is 1.18 bits per heavy atom. The first-order valence-corrected chi connectivity index (χ1v) is 9.23. The highest BCUT2D eigenvalue weighted by Gasteiger charge is 2.33. The predicted molar refractivity (Wildman–Crippen MR) is 98.8 cm³/mol. The second-order valence-corrected chi connectivity index (χ2v) is 6.59. The van der Waals surface area contributed by atoms with Gasteiger partial charge in [0, 0.05) is 17.8 Å². The number of pyridine rings is 1. The molecule has 9 heteroatoms. The van der Waals surface area contributed by atoms with Gasteiger partial charge in [0.2, 0.25) is 0 Å². The zero-order valence-electron chi connectivity index (χ0n) is 14.6. The first-order chi connectivity index (χ1) is 13.3. The number of thioether (sulfide) groups is 1. The van der Waals surface area contributed by atoms with Crippen LogP contribution in [0.3, 0.4) is 0 Å². The van der Waals surface area contributed by atoms with E-state index < -0.39 is 11.9 Å². The minimum atomic E-state index is -4.60. The lowest BCUT2D eigenvalue weighted by molar-refractivity contribution is -0.141. The molecule has 3 rings (SSSR count). The summed E-state index contributed by atoms with van der Waals surface area (Å²) in [5.74, 6) is 0. The van der Waals surface area contributed by atoms with Crippen LogP contribution in [0.25, 0.3) is 11.3 Å². The fourth-order valence-electron chi connectivity index (χ4n) is 2.55. The Labute approximate surface area is 162 Å². The van der Waals surface area contributed by atoms with Gasteiger partial charge in [0.05, 0.1) is 23.9 Å². The molecule has 28 heavy (non-hydrogen) atoms. The normalized spacial score (nSPS) is 11.2. The van der Waals surface area contributed by atoms with Gasteiger partial charge in [0.15, 0.2) is 5.16 Å². The second kappa shape index (κ2) is 7.86. The quantitative estimate of drug-likeness (QED) is 0.488. The van der Waals surface area contributed by atoms with Gasteiger partial charge < -0.3 is 4.57 Å². The summed E-state index contributed by atoms with van der Waals surface area (Å²) in [6.45, 7) is 0.175. The van der Waals surface area contributed by atoms with Crippen molar-refractivity contribution in [1.82, 2.24) is 14.5 Å². The van der Waals surface area contributed by atoms with Gasteiger partial charge in [-0.3, -0.25) is 4.79 Å². The second-order valence-electron chi connectivity index (χ2n) is 5.82. The third-order valence-electron chi connectivity index (χ3n) is 3.87. The first-order valence-electron chi connectivity index (χ1n) is 8.00. The van der Waals surface area contributed by atoms with E-state index in [4.69, 9.17) is 5.26 Å². The van der Waals surface area contributed by atoms with Gasteiger partial charge in [-0.05, 0) is 36.1 Å². The Hall–Kier alpha value is -3.12. The molecule has 0 unspecified atom stereocenters. The molecule has 0 spiro atoms. The maximum Gasteiger partial charge on any atom is 0.433 e. The van der Waals surface area contributed by atoms with Crippen molar-refractivity contribution < 1.29 is 13.2 Å². The minimum absolute atomic E-state index is 0.00991. The van der Waals surface area contributed by atoms with Crippen molar-refractivity contribution in [3.63, 3.8) is 0 Å². The van der Waals surface area contributed by atoms with Crippen molar-refractivity contribution >= 4 is 11.8 Å². The van der Waals surface area contributed by atoms with Crippen LogP contribution >= 0.6 is 11.8 Å². The van der Waals surface area contributed by atoms with E-state index in [0.29, 0.717) is 11.1 Å². The summed E-state index contributed by atoms with van der Waals surface area (Å²) in [6.07, 6.45) is -1.56. The molecule has 3 aromatic rings. The smallest absolute Gasteiger partial charge is 0.310 e. The maximum atomic E-state index is 13.1. The summed E-state index contributed by atoms with van der Waals surface area (Å²) >= 11 is 1.00. The maximum absolute atomic E-state index is 13.1. The standard InChI is InChI=1S/C19H13F3N4OS/c1-28-18-24-15(8-16(25-18)19(20,21)22)14-5-6-17(27)26(11-14)10-13-4-2-3-12(7-13)9-23/h2-8,11H,10H2,1H3. The SMILES string of the molecule is CSc1nc(-c2ccc(=O)n(Cc3cccc(C#N)c3)c2)cc(C(F)(F)F)n1. The molecule has 0 aliphatic rings. The van der Waals surface area contributed by atoms with Crippen molar-refractivity contribution in [3.05, 3.63) is 75.8 Å². The molecule has 0 saturated carbocycles. The summed E-state index contributed by atoms with van der Waals surface area (Å²) in [5, 5.41) is 8.98. The van der Waals surface area contributed by atoms with E-state index in [1.54, 1.807) is 30.5 Å². The zero-order chi connectivity index (χ0) is 20.3. The summed E-state index contributed by atoms with van der Waals surface area (Å²) in [7, 11) is 0. The first kappa shape index (κ1) is 19.6. The predicted octanol–water partition coefficient (Wildman–Crippen LogP) is 3.97. The molecule has 0 atom stereocenters. The molecule has 2 heterocycles. The number of nitriles is 1. The molecular formula is C19H13F3N4OS. The Balaban J connectivity index is 2.04. The summed E-state index contributed by atoms with van der Waals surface area (Å²) in [4.78, 5) is 19.8. The summed E-state index contributed by atoms with van der Waals surface area (Å²) in [6, 6.07) is 12.3. The van der Waals surface area contributed by atoms with Crippen LogP contribution in [0.15, 0.2) is 58.6 Å². The topological polar surface area (TPSA) is 71.6 Å². The number of aromatic nitrogens is 3. The molecule has 0 saturated heterocycles. The highest BCUT2D eigenvalue weighted by Crippen LogP contribution is 2.31. The summed E-state index contributed by atoms with van der Waals surface area (Å²) < 4.78 is 40.7. The highest BCUT2D eigenvalue weighted by atomic mass is 32.2. The van der Waals surface area contributed by atoms with E-state index in [1.165, 1.54) is 22.9 Å². The molecule has 2 aromatic heterocycles. The number of benzene rings is 1. The average molecular weight is 402 g/mol. The van der Waals surface area contributed by atoms with Gasteiger partial charge in [-0.25, -0.2) is 9.97 Å². The Morgan fingerprint density at radius 3 is 2.64 bits per heavy atom. The average Bonchev–Trinajstić information content (AvgIpc) is 2.68. The Morgan fingerprint density at radius 2 is 1.96 bits per heavy atom. The van der Waals surface area contributed by atoms with E-state index in [-0.39, 0.29) is 23.0 Å². The summed E-state index contributed by atoms with van der Waals surface area (Å²) in [5.41, 5.74) is 0.256. The van der Waals surface area contributed by atoms with E-state index in [9.17, 15) is 18.0 Å². The number of halogens is 3. The van der Waals surface area contributed by atoms with E-state index in [1.807, 2.05) is 6.07 Å². The molecule has 0 aliphatic heterocycles. The van der Waals surface area contributed by atoms with Crippen LogP contribution in [-0.2, 0) is 12.7 Å². The zero-order valence-corrected chi connectivity index (χ0v) is 15.4. The van der Waals surface area contributed by atoms with Crippen molar-refractivity contribution in [2.45, 2.75) is 17.9 Å². The monoisotopic (exact) mass is 402 g/mol. The van der Waals surface area contributed by atoms with E-state index >= 15 is 0 Å². The van der Waals surface area contributed by atoms with Crippen molar-refractivity contribution in [3.8, 4) is 17.3 Å². The van der Waals surface area contributed by atoms with Crippen LogP contribution in [0, 0.1) is 11.3 Å². The fourth-order valence-corrected chi connectivity index (χ4v) is 2.93. The van der Waals surface area contributed by atoms with Crippen molar-refractivity contribution in [1.29, 1.82) is 5.26 Å². The molecule has 0 N–H and O–H groups in total. The van der Waals surface area contributed by atoms with Crippen LogP contribution < -0.4 is 5.56 Å². The number of rotatable bonds is 4. The third kappa shape index (κ3) is 4.40. The van der Waals surface area contributed by atoms with Crippen LogP contribution in [0.5, 0.6) is 0 Å². The van der Waals surface area contributed by atoms with Gasteiger partial charge in [-0.15, -0.1) is 0 Å². The molecule has 0 bridgehead atoms. The lowest BCUT2D eigenvalue weighted by Gasteiger charge is -2.11. The van der Waals surface area contributed by atoms with Gasteiger partial charge in [-0.1, -0.05) is 23.9 Å². The molecule has 0 aliphatic carbocycles. The van der Waals surface area contributed by atoms with Gasteiger partial charge in [0.25, 0.3) is 5.56 Å². The van der Waals surface area contributed by atoms with Crippen LogP contribution in [-0.4, -0.2) is 20.8 Å². The number of nitrogens with zero attached hydrogens (tertiary/aromatic N) is 4. The highest BCUT2D eigenvalue weighted by molar-refractivity contribution is 7.98. The number of hydrogen-bond acceptors (Lipinski definition) is 5. The van der Waals surface area contributed by atoms with Gasteiger partial charge in [0.1, 0.15) is 5.69 Å². The Kier molecular flexibility index (Phi) is 5.51. The molecule has 5 nitrogen and oxygen atoms in total. The Bertz CT molecular complexity index is 1120. The minimum Gasteiger partial charge on any atom is -0.310 e. The molecule has 0 amide bonds. The van der Waals surface area contributed by atoms with Crippen LogP contribution in [0.2, 0.25) is 0 Å². The number of alkyl halides is 3. The lowest BCUT2D eigenvalue weighted by Crippen LogP contribution is -2.19. The lowest BCUT2D eigenvalue weighted by atomic mass is 10.1. The van der Waals surface area contributed by atoms with Crippen molar-refractivity contribution in [2.24, 2.45) is 0 Å². The fraction of sp³-hybridized carbons (Fsp3) is 0.158. The van der Waals surface area contributed by atoms with E-state index in [2.05, 4.69) is 9.97 Å².